The minimum atomic E-state index is -0.487. The molecular weight excluding hydrogens is 263 g/mol. The molecule has 0 amide bonds. The topological polar surface area (TPSA) is 45.9 Å². The van der Waals surface area contributed by atoms with Gasteiger partial charge in [-0.3, -0.25) is 0 Å². The van der Waals surface area contributed by atoms with Gasteiger partial charge in [0.15, 0.2) is 0 Å². The maximum Gasteiger partial charge on any atom is 0.146 e. The lowest BCUT2D eigenvalue weighted by Gasteiger charge is -2.06. The van der Waals surface area contributed by atoms with Gasteiger partial charge in [0, 0.05) is 16.9 Å². The van der Waals surface area contributed by atoms with E-state index in [9.17, 15) is 4.39 Å². The number of aryl methyl sites for hydroxylation is 1. The van der Waals surface area contributed by atoms with Crippen molar-refractivity contribution in [2.45, 2.75) is 20.0 Å². The number of benzene rings is 1. The van der Waals surface area contributed by atoms with E-state index in [1.165, 1.54) is 10.9 Å². The average molecular weight is 276 g/mol. The molecule has 0 fully saturated rings. The molecule has 0 bridgehead atoms. The van der Waals surface area contributed by atoms with Gasteiger partial charge in [-0.15, -0.1) is 11.3 Å². The second kappa shape index (κ2) is 6.41. The Bertz CT molecular complexity index is 604. The van der Waals surface area contributed by atoms with Gasteiger partial charge in [-0.05, 0) is 13.0 Å². The van der Waals surface area contributed by atoms with E-state index < -0.39 is 5.82 Å². The van der Waals surface area contributed by atoms with Gasteiger partial charge < -0.3 is 4.74 Å². The molecule has 5 heteroatoms. The van der Waals surface area contributed by atoms with E-state index in [0.29, 0.717) is 12.2 Å². The van der Waals surface area contributed by atoms with Gasteiger partial charge >= 0.3 is 0 Å². The van der Waals surface area contributed by atoms with Crippen molar-refractivity contribution in [1.82, 2.24) is 4.98 Å². The van der Waals surface area contributed by atoms with Crippen molar-refractivity contribution in [3.05, 3.63) is 51.2 Å². The van der Waals surface area contributed by atoms with Crippen LogP contribution in [0.5, 0.6) is 0 Å². The van der Waals surface area contributed by atoms with Crippen molar-refractivity contribution in [3.63, 3.8) is 0 Å². The first-order chi connectivity index (χ1) is 9.22. The Kier molecular flexibility index (Phi) is 4.61. The molecule has 19 heavy (non-hydrogen) atoms. The van der Waals surface area contributed by atoms with Gasteiger partial charge in [0.25, 0.3) is 0 Å². The molecule has 0 aliphatic rings. The van der Waals surface area contributed by atoms with E-state index in [0.717, 1.165) is 12.1 Å². The molecule has 2 rings (SSSR count). The molecule has 0 aliphatic carbocycles. The van der Waals surface area contributed by atoms with Crippen LogP contribution in [0.25, 0.3) is 0 Å². The summed E-state index contributed by atoms with van der Waals surface area (Å²) in [6.07, 6.45) is 0.774. The molecular formula is C14H13FN2OS. The molecule has 0 aliphatic heterocycles. The van der Waals surface area contributed by atoms with Crippen LogP contribution in [0.3, 0.4) is 0 Å². The molecule has 0 spiro atoms. The van der Waals surface area contributed by atoms with Crippen molar-refractivity contribution >= 4 is 11.3 Å². The number of thiazole rings is 1. The van der Waals surface area contributed by atoms with Crippen LogP contribution in [0.2, 0.25) is 0 Å². The predicted octanol–water partition coefficient (Wildman–Crippen LogP) is 3.22. The molecule has 0 unspecified atom stereocenters. The zero-order valence-corrected chi connectivity index (χ0v) is 11.3. The summed E-state index contributed by atoms with van der Waals surface area (Å²) in [5.74, 6) is -0.487. The first kappa shape index (κ1) is 13.7. The SMILES string of the molecule is Cc1ncsc1CCOCc1cccc(C#N)c1F. The summed E-state index contributed by atoms with van der Waals surface area (Å²) in [5, 5.41) is 8.73. The minimum absolute atomic E-state index is 0.0550. The maximum absolute atomic E-state index is 13.7. The van der Waals surface area contributed by atoms with Crippen molar-refractivity contribution < 1.29 is 9.13 Å². The third kappa shape index (κ3) is 3.37. The van der Waals surface area contributed by atoms with Crippen LogP contribution in [0.15, 0.2) is 23.7 Å². The number of aromatic nitrogens is 1. The standard InChI is InChI=1S/C14H13FN2OS/c1-10-13(19-9-17-10)5-6-18-8-12-4-2-3-11(7-16)14(12)15/h2-4,9H,5-6,8H2,1H3. The fourth-order valence-electron chi connectivity index (χ4n) is 1.69. The Labute approximate surface area is 115 Å². The monoisotopic (exact) mass is 276 g/mol. The number of halogens is 1. The molecule has 3 nitrogen and oxygen atoms in total. The smallest absolute Gasteiger partial charge is 0.146 e. The summed E-state index contributed by atoms with van der Waals surface area (Å²) in [6, 6.07) is 6.57. The van der Waals surface area contributed by atoms with Crippen molar-refractivity contribution in [2.75, 3.05) is 6.61 Å². The van der Waals surface area contributed by atoms with Gasteiger partial charge in [-0.1, -0.05) is 12.1 Å². The van der Waals surface area contributed by atoms with E-state index in [1.807, 2.05) is 13.0 Å². The van der Waals surface area contributed by atoms with Gasteiger partial charge in [0.05, 0.1) is 30.0 Å². The molecule has 0 N–H and O–H groups in total. The van der Waals surface area contributed by atoms with Crippen LogP contribution < -0.4 is 0 Å². The molecule has 98 valence electrons. The molecule has 1 aromatic carbocycles. The number of hydrogen-bond donors (Lipinski definition) is 0. The molecule has 0 radical (unpaired) electrons. The number of ether oxygens (including phenoxy) is 1. The Morgan fingerprint density at radius 1 is 1.47 bits per heavy atom. The van der Waals surface area contributed by atoms with Crippen molar-refractivity contribution in [3.8, 4) is 6.07 Å². The van der Waals surface area contributed by atoms with Crippen molar-refractivity contribution in [2.24, 2.45) is 0 Å². The number of rotatable bonds is 5. The Morgan fingerprint density at radius 2 is 2.32 bits per heavy atom. The fourth-order valence-corrected chi connectivity index (χ4v) is 2.45. The zero-order chi connectivity index (χ0) is 13.7. The molecule has 1 aromatic heterocycles. The minimum Gasteiger partial charge on any atom is -0.376 e. The van der Waals surface area contributed by atoms with Gasteiger partial charge in [-0.2, -0.15) is 5.26 Å². The molecule has 2 aromatic rings. The summed E-state index contributed by atoms with van der Waals surface area (Å²) < 4.78 is 19.2. The Hall–Kier alpha value is -1.77. The van der Waals surface area contributed by atoms with E-state index in [-0.39, 0.29) is 12.2 Å². The van der Waals surface area contributed by atoms with Crippen LogP contribution in [0.1, 0.15) is 21.7 Å². The number of hydrogen-bond acceptors (Lipinski definition) is 4. The highest BCUT2D eigenvalue weighted by atomic mass is 32.1. The third-order valence-corrected chi connectivity index (χ3v) is 3.77. The molecule has 0 saturated carbocycles. The van der Waals surface area contributed by atoms with Crippen LogP contribution in [-0.2, 0) is 17.8 Å². The highest BCUT2D eigenvalue weighted by Crippen LogP contribution is 2.15. The predicted molar refractivity (Wildman–Crippen MR) is 71.3 cm³/mol. The summed E-state index contributed by atoms with van der Waals surface area (Å²) in [4.78, 5) is 5.34. The quantitative estimate of drug-likeness (QED) is 0.788. The van der Waals surface area contributed by atoms with Gasteiger partial charge in [0.1, 0.15) is 11.9 Å². The Morgan fingerprint density at radius 3 is 3.00 bits per heavy atom. The van der Waals surface area contributed by atoms with E-state index >= 15 is 0 Å². The van der Waals surface area contributed by atoms with Crippen LogP contribution in [-0.4, -0.2) is 11.6 Å². The maximum atomic E-state index is 13.7. The summed E-state index contributed by atoms with van der Waals surface area (Å²) in [6.45, 7) is 2.65. The average Bonchev–Trinajstić information content (AvgIpc) is 2.82. The lowest BCUT2D eigenvalue weighted by atomic mass is 10.1. The number of nitrogens with zero attached hydrogens (tertiary/aromatic N) is 2. The molecule has 0 atom stereocenters. The summed E-state index contributed by atoms with van der Waals surface area (Å²) in [5.41, 5.74) is 3.30. The van der Waals surface area contributed by atoms with Crippen LogP contribution in [0, 0.1) is 24.1 Å². The van der Waals surface area contributed by atoms with E-state index in [4.69, 9.17) is 10.00 Å². The normalized spacial score (nSPS) is 10.4. The van der Waals surface area contributed by atoms with E-state index in [2.05, 4.69) is 4.98 Å². The zero-order valence-electron chi connectivity index (χ0n) is 10.5. The van der Waals surface area contributed by atoms with E-state index in [1.54, 1.807) is 29.0 Å². The second-order valence-electron chi connectivity index (χ2n) is 4.05. The second-order valence-corrected chi connectivity index (χ2v) is 4.99. The lowest BCUT2D eigenvalue weighted by Crippen LogP contribution is -2.01. The van der Waals surface area contributed by atoms with Crippen LogP contribution >= 0.6 is 11.3 Å². The number of nitriles is 1. The molecule has 1 heterocycles. The highest BCUT2D eigenvalue weighted by molar-refractivity contribution is 7.09. The van der Waals surface area contributed by atoms with Gasteiger partial charge in [-0.25, -0.2) is 9.37 Å². The largest absolute Gasteiger partial charge is 0.376 e. The fraction of sp³-hybridized carbons (Fsp3) is 0.286. The summed E-state index contributed by atoms with van der Waals surface area (Å²) >= 11 is 1.60. The third-order valence-electron chi connectivity index (χ3n) is 2.78. The summed E-state index contributed by atoms with van der Waals surface area (Å²) in [7, 11) is 0. The molecule has 0 saturated heterocycles. The van der Waals surface area contributed by atoms with Crippen molar-refractivity contribution in [1.29, 1.82) is 5.26 Å². The lowest BCUT2D eigenvalue weighted by molar-refractivity contribution is 0.121. The van der Waals surface area contributed by atoms with Crippen LogP contribution in [0.4, 0.5) is 4.39 Å². The van der Waals surface area contributed by atoms with Gasteiger partial charge in [0.2, 0.25) is 0 Å². The first-order valence-corrected chi connectivity index (χ1v) is 6.74. The highest BCUT2D eigenvalue weighted by Gasteiger charge is 2.07. The Balaban J connectivity index is 1.87. The first-order valence-electron chi connectivity index (χ1n) is 5.86.